The van der Waals surface area contributed by atoms with Crippen LogP contribution >= 0.6 is 11.6 Å². The summed E-state index contributed by atoms with van der Waals surface area (Å²) in [6, 6.07) is 0.777. The van der Waals surface area contributed by atoms with Crippen molar-refractivity contribution >= 4 is 22.8 Å². The quantitative estimate of drug-likeness (QED) is 0.770. The summed E-state index contributed by atoms with van der Waals surface area (Å²) in [6.07, 6.45) is 2.67. The minimum atomic E-state index is -0.0895. The number of rotatable bonds is 6. The molecule has 1 saturated carbocycles. The highest BCUT2D eigenvalue weighted by Crippen LogP contribution is 2.28. The molecule has 1 aliphatic carbocycles. The largest absolute Gasteiger partial charge is 0.310 e. The molecule has 1 fully saturated rings. The van der Waals surface area contributed by atoms with Crippen molar-refractivity contribution in [2.75, 3.05) is 13.6 Å². The number of likely N-dealkylation sites (N-methyl/N-ethyl adjacent to an activating group) is 1. The minimum Gasteiger partial charge on any atom is -0.310 e. The van der Waals surface area contributed by atoms with Gasteiger partial charge in [0, 0.05) is 25.7 Å². The molecule has 0 radical (unpaired) electrons. The Kier molecular flexibility index (Phi) is 3.97. The van der Waals surface area contributed by atoms with Gasteiger partial charge in [-0.3, -0.25) is 0 Å². The van der Waals surface area contributed by atoms with E-state index in [-0.39, 0.29) is 5.38 Å². The summed E-state index contributed by atoms with van der Waals surface area (Å²) >= 11 is 6.35. The average Bonchev–Trinajstić information content (AvgIpc) is 3.15. The van der Waals surface area contributed by atoms with Crippen LogP contribution in [-0.2, 0) is 13.1 Å². The minimum absolute atomic E-state index is 0.0895. The maximum absolute atomic E-state index is 6.35. The second-order valence-electron chi connectivity index (χ2n) is 6.02. The number of halogens is 1. The number of aryl methyl sites for hydroxylation is 2. The van der Waals surface area contributed by atoms with E-state index in [4.69, 9.17) is 16.6 Å². The van der Waals surface area contributed by atoms with Gasteiger partial charge in [-0.05, 0) is 40.7 Å². The van der Waals surface area contributed by atoms with Gasteiger partial charge < -0.3 is 9.47 Å². The first-order valence-corrected chi connectivity index (χ1v) is 8.24. The van der Waals surface area contributed by atoms with Crippen LogP contribution in [0.3, 0.4) is 0 Å². The highest BCUT2D eigenvalue weighted by molar-refractivity contribution is 6.20. The third kappa shape index (κ3) is 2.69. The van der Waals surface area contributed by atoms with Crippen molar-refractivity contribution in [3.05, 3.63) is 11.5 Å². The normalized spacial score (nSPS) is 17.0. The van der Waals surface area contributed by atoms with Gasteiger partial charge in [0.25, 0.3) is 0 Å². The molecule has 116 valence electrons. The van der Waals surface area contributed by atoms with Crippen LogP contribution in [0.1, 0.15) is 43.6 Å². The molecule has 21 heavy (non-hydrogen) atoms. The Labute approximate surface area is 130 Å². The second kappa shape index (κ2) is 5.61. The standard InChI is InChI=1S/C15H24ClN5/c1-5-21-15-13(11(3)18-21)17-14(10(2)16)20(15)9-8-19(4)12-6-7-12/h10,12H,5-9H2,1-4H3. The molecule has 1 atom stereocenters. The van der Waals surface area contributed by atoms with Crippen molar-refractivity contribution < 1.29 is 0 Å². The lowest BCUT2D eigenvalue weighted by Crippen LogP contribution is -2.26. The van der Waals surface area contributed by atoms with Crippen molar-refractivity contribution in [2.24, 2.45) is 0 Å². The lowest BCUT2D eigenvalue weighted by molar-refractivity contribution is 0.308. The van der Waals surface area contributed by atoms with Crippen molar-refractivity contribution in [1.29, 1.82) is 0 Å². The molecule has 0 aliphatic heterocycles. The van der Waals surface area contributed by atoms with E-state index in [0.717, 1.165) is 48.4 Å². The summed E-state index contributed by atoms with van der Waals surface area (Å²) < 4.78 is 4.30. The van der Waals surface area contributed by atoms with Crippen LogP contribution in [0, 0.1) is 6.92 Å². The van der Waals surface area contributed by atoms with Gasteiger partial charge in [0.15, 0.2) is 5.65 Å². The molecule has 1 aliphatic rings. The van der Waals surface area contributed by atoms with Gasteiger partial charge in [0.1, 0.15) is 11.3 Å². The molecule has 6 heteroatoms. The van der Waals surface area contributed by atoms with Gasteiger partial charge in [-0.2, -0.15) is 5.10 Å². The maximum atomic E-state index is 6.35. The molecule has 0 aromatic carbocycles. The molecular formula is C15H24ClN5. The van der Waals surface area contributed by atoms with Crippen LogP contribution < -0.4 is 0 Å². The van der Waals surface area contributed by atoms with Crippen molar-refractivity contribution in [3.63, 3.8) is 0 Å². The van der Waals surface area contributed by atoms with Gasteiger partial charge in [-0.15, -0.1) is 11.6 Å². The van der Waals surface area contributed by atoms with Crippen LogP contribution in [0.25, 0.3) is 11.2 Å². The predicted molar refractivity (Wildman–Crippen MR) is 85.8 cm³/mol. The zero-order valence-electron chi connectivity index (χ0n) is 13.3. The molecule has 5 nitrogen and oxygen atoms in total. The fourth-order valence-electron chi connectivity index (χ4n) is 2.94. The fourth-order valence-corrected chi connectivity index (χ4v) is 3.11. The first-order chi connectivity index (χ1) is 10.0. The SMILES string of the molecule is CCn1nc(C)c2nc(C(C)Cl)n(CCN(C)C3CC3)c21. The smallest absolute Gasteiger partial charge is 0.159 e. The molecule has 2 aromatic heterocycles. The van der Waals surface area contributed by atoms with Crippen LogP contribution in [0.4, 0.5) is 0 Å². The van der Waals surface area contributed by atoms with Gasteiger partial charge in [-0.1, -0.05) is 0 Å². The van der Waals surface area contributed by atoms with Crippen molar-refractivity contribution in [2.45, 2.75) is 58.1 Å². The third-order valence-electron chi connectivity index (χ3n) is 4.33. The van der Waals surface area contributed by atoms with Crippen LogP contribution in [0.5, 0.6) is 0 Å². The second-order valence-corrected chi connectivity index (χ2v) is 6.68. The van der Waals surface area contributed by atoms with Crippen LogP contribution in [-0.4, -0.2) is 43.9 Å². The lowest BCUT2D eigenvalue weighted by atomic mass is 10.4. The summed E-state index contributed by atoms with van der Waals surface area (Å²) in [4.78, 5) is 7.19. The zero-order valence-corrected chi connectivity index (χ0v) is 14.1. The molecular weight excluding hydrogens is 286 g/mol. The predicted octanol–water partition coefficient (Wildman–Crippen LogP) is 2.96. The average molecular weight is 310 g/mol. The van der Waals surface area contributed by atoms with Crippen molar-refractivity contribution in [3.8, 4) is 0 Å². The van der Waals surface area contributed by atoms with E-state index in [1.54, 1.807) is 0 Å². The van der Waals surface area contributed by atoms with Gasteiger partial charge >= 0.3 is 0 Å². The summed E-state index contributed by atoms with van der Waals surface area (Å²) in [5.41, 5.74) is 3.09. The maximum Gasteiger partial charge on any atom is 0.159 e. The molecule has 0 N–H and O–H groups in total. The fraction of sp³-hybridized carbons (Fsp3) is 0.733. The van der Waals surface area contributed by atoms with Crippen LogP contribution in [0.2, 0.25) is 0 Å². The lowest BCUT2D eigenvalue weighted by Gasteiger charge is -2.18. The van der Waals surface area contributed by atoms with E-state index in [9.17, 15) is 0 Å². The van der Waals surface area contributed by atoms with E-state index in [1.165, 1.54) is 12.8 Å². The van der Waals surface area contributed by atoms with Gasteiger partial charge in [0.2, 0.25) is 0 Å². The molecule has 2 aromatic rings. The van der Waals surface area contributed by atoms with E-state index >= 15 is 0 Å². The Bertz CT molecular complexity index is 638. The monoisotopic (exact) mass is 309 g/mol. The van der Waals surface area contributed by atoms with Gasteiger partial charge in [0.05, 0.1) is 11.1 Å². The van der Waals surface area contributed by atoms with E-state index in [2.05, 4.69) is 28.5 Å². The molecule has 2 heterocycles. The summed E-state index contributed by atoms with van der Waals surface area (Å²) in [5, 5.41) is 4.49. The first kappa shape index (κ1) is 14.9. The molecule has 0 amide bonds. The highest BCUT2D eigenvalue weighted by Gasteiger charge is 2.27. The number of fused-ring (bicyclic) bond motifs is 1. The number of hydrogen-bond donors (Lipinski definition) is 0. The molecule has 0 spiro atoms. The number of aromatic nitrogens is 4. The molecule has 0 saturated heterocycles. The number of imidazole rings is 1. The van der Waals surface area contributed by atoms with E-state index in [1.807, 2.05) is 18.5 Å². The number of hydrogen-bond acceptors (Lipinski definition) is 3. The van der Waals surface area contributed by atoms with E-state index in [0.29, 0.717) is 0 Å². The Morgan fingerprint density at radius 2 is 2.14 bits per heavy atom. The van der Waals surface area contributed by atoms with E-state index < -0.39 is 0 Å². The van der Waals surface area contributed by atoms with Crippen molar-refractivity contribution in [1.82, 2.24) is 24.2 Å². The number of alkyl halides is 1. The highest BCUT2D eigenvalue weighted by atomic mass is 35.5. The van der Waals surface area contributed by atoms with Crippen LogP contribution in [0.15, 0.2) is 0 Å². The Hall–Kier alpha value is -1.07. The Morgan fingerprint density at radius 3 is 2.71 bits per heavy atom. The summed E-state index contributed by atoms with van der Waals surface area (Å²) in [6.45, 7) is 8.92. The first-order valence-electron chi connectivity index (χ1n) is 7.80. The molecule has 0 bridgehead atoms. The summed E-state index contributed by atoms with van der Waals surface area (Å²) in [7, 11) is 2.21. The molecule has 1 unspecified atom stereocenters. The Morgan fingerprint density at radius 1 is 1.43 bits per heavy atom. The topological polar surface area (TPSA) is 38.9 Å². The summed E-state index contributed by atoms with van der Waals surface area (Å²) in [5.74, 6) is 0.957. The molecule has 3 rings (SSSR count). The third-order valence-corrected chi connectivity index (χ3v) is 4.53. The Balaban J connectivity index is 1.97. The zero-order chi connectivity index (χ0) is 15.1. The van der Waals surface area contributed by atoms with Gasteiger partial charge in [-0.25, -0.2) is 9.67 Å². The number of nitrogens with zero attached hydrogens (tertiary/aromatic N) is 5.